The maximum absolute atomic E-state index is 11.1. The average Bonchev–Trinajstić information content (AvgIpc) is 2.39. The third kappa shape index (κ3) is 3.32. The van der Waals surface area contributed by atoms with E-state index >= 15 is 0 Å². The van der Waals surface area contributed by atoms with Crippen LogP contribution in [0.15, 0.2) is 16.6 Å². The van der Waals surface area contributed by atoms with Crippen molar-refractivity contribution in [3.63, 3.8) is 0 Å². The molecule has 0 unspecified atom stereocenters. The summed E-state index contributed by atoms with van der Waals surface area (Å²) >= 11 is 5.08. The number of nitrogens with one attached hydrogen (secondary N) is 1. The zero-order valence-corrected chi connectivity index (χ0v) is 12.4. The molecule has 0 spiro atoms. The Labute approximate surface area is 119 Å². The molecule has 6 heteroatoms. The van der Waals surface area contributed by atoms with E-state index in [-0.39, 0.29) is 5.91 Å². The highest BCUT2D eigenvalue weighted by Crippen LogP contribution is 2.36. The highest BCUT2D eigenvalue weighted by Gasteiger charge is 2.14. The monoisotopic (exact) mass is 331 g/mol. The molecule has 0 aromatic heterocycles. The number of carbonyl (C=O) groups is 1. The van der Waals surface area contributed by atoms with Crippen molar-refractivity contribution < 1.29 is 14.3 Å². The zero-order chi connectivity index (χ0) is 13.0. The molecule has 2 rings (SSSR count). The smallest absolute Gasteiger partial charge is 0.229 e. The van der Waals surface area contributed by atoms with E-state index in [0.29, 0.717) is 19.0 Å². The second-order valence-corrected chi connectivity index (χ2v) is 5.59. The van der Waals surface area contributed by atoms with Crippen molar-refractivity contribution in [3.05, 3.63) is 22.2 Å². The quantitative estimate of drug-likeness (QED) is 0.918. The summed E-state index contributed by atoms with van der Waals surface area (Å²) in [6.45, 7) is 1.17. The number of fused-ring (bicyclic) bond motifs is 1. The summed E-state index contributed by atoms with van der Waals surface area (Å²) < 4.78 is 12.0. The van der Waals surface area contributed by atoms with E-state index in [4.69, 9.17) is 9.47 Å². The Bertz CT molecular complexity index is 453. The summed E-state index contributed by atoms with van der Waals surface area (Å²) in [5.41, 5.74) is 1.10. The molecule has 0 radical (unpaired) electrons. The molecule has 1 aliphatic heterocycles. The van der Waals surface area contributed by atoms with E-state index in [1.807, 2.05) is 12.1 Å². The summed E-state index contributed by atoms with van der Waals surface area (Å²) in [6, 6.07) is 3.89. The summed E-state index contributed by atoms with van der Waals surface area (Å²) in [6.07, 6.45) is 0. The van der Waals surface area contributed by atoms with Crippen LogP contribution in [0.1, 0.15) is 5.56 Å². The van der Waals surface area contributed by atoms with Crippen LogP contribution in [0.4, 0.5) is 0 Å². The number of ether oxygens (including phenoxy) is 2. The minimum absolute atomic E-state index is 0.0358. The second-order valence-electron chi connectivity index (χ2n) is 3.75. The summed E-state index contributed by atoms with van der Waals surface area (Å²) in [5, 5.41) is 2.60. The number of hydrogen-bond acceptors (Lipinski definition) is 4. The Morgan fingerprint density at radius 3 is 2.72 bits per heavy atom. The number of rotatable bonds is 4. The maximum atomic E-state index is 11.1. The third-order valence-corrected chi connectivity index (χ3v) is 4.20. The Kier molecular flexibility index (Phi) is 4.77. The van der Waals surface area contributed by atoms with Gasteiger partial charge in [-0.2, -0.15) is 0 Å². The molecule has 98 valence electrons. The van der Waals surface area contributed by atoms with Gasteiger partial charge in [0, 0.05) is 17.3 Å². The molecule has 1 aromatic rings. The summed E-state index contributed by atoms with van der Waals surface area (Å²) in [5.74, 6) is 2.80. The van der Waals surface area contributed by atoms with Crippen molar-refractivity contribution in [3.8, 4) is 11.5 Å². The van der Waals surface area contributed by atoms with E-state index in [0.717, 1.165) is 27.3 Å². The SMILES string of the molecule is CNC(=O)CSCc1cc2c(cc1Br)OCCO2. The molecule has 1 N–H and O–H groups in total. The van der Waals surface area contributed by atoms with Crippen LogP contribution < -0.4 is 14.8 Å². The van der Waals surface area contributed by atoms with Gasteiger partial charge in [-0.05, 0) is 17.7 Å². The largest absolute Gasteiger partial charge is 0.486 e. The molecule has 0 bridgehead atoms. The van der Waals surface area contributed by atoms with Crippen LogP contribution in [0.2, 0.25) is 0 Å². The lowest BCUT2D eigenvalue weighted by Crippen LogP contribution is -2.19. The number of benzene rings is 1. The van der Waals surface area contributed by atoms with Crippen molar-refractivity contribution in [1.29, 1.82) is 0 Å². The Balaban J connectivity index is 2.02. The van der Waals surface area contributed by atoms with Crippen molar-refractivity contribution in [2.45, 2.75) is 5.75 Å². The van der Waals surface area contributed by atoms with Crippen LogP contribution >= 0.6 is 27.7 Å². The Morgan fingerprint density at radius 2 is 2.06 bits per heavy atom. The fourth-order valence-corrected chi connectivity index (χ4v) is 3.08. The van der Waals surface area contributed by atoms with Crippen molar-refractivity contribution in [2.24, 2.45) is 0 Å². The van der Waals surface area contributed by atoms with Gasteiger partial charge in [0.1, 0.15) is 13.2 Å². The van der Waals surface area contributed by atoms with Crippen LogP contribution in [-0.4, -0.2) is 31.9 Å². The highest BCUT2D eigenvalue weighted by atomic mass is 79.9. The van der Waals surface area contributed by atoms with Gasteiger partial charge >= 0.3 is 0 Å². The van der Waals surface area contributed by atoms with Crippen molar-refractivity contribution in [2.75, 3.05) is 26.0 Å². The predicted molar refractivity (Wildman–Crippen MR) is 75.4 cm³/mol. The fourth-order valence-electron chi connectivity index (χ4n) is 1.54. The molecular weight excluding hydrogens is 318 g/mol. The van der Waals surface area contributed by atoms with Gasteiger partial charge in [-0.15, -0.1) is 11.8 Å². The van der Waals surface area contributed by atoms with Crippen LogP contribution in [0.25, 0.3) is 0 Å². The van der Waals surface area contributed by atoms with Gasteiger partial charge in [0.2, 0.25) is 5.91 Å². The lowest BCUT2D eigenvalue weighted by atomic mass is 10.2. The minimum Gasteiger partial charge on any atom is -0.486 e. The van der Waals surface area contributed by atoms with E-state index in [1.165, 1.54) is 0 Å². The van der Waals surface area contributed by atoms with E-state index in [9.17, 15) is 4.79 Å². The molecule has 1 aliphatic rings. The number of hydrogen-bond donors (Lipinski definition) is 1. The fraction of sp³-hybridized carbons (Fsp3) is 0.417. The lowest BCUT2D eigenvalue weighted by molar-refractivity contribution is -0.118. The molecule has 0 atom stereocenters. The summed E-state index contributed by atoms with van der Waals surface area (Å²) in [4.78, 5) is 11.1. The summed E-state index contributed by atoms with van der Waals surface area (Å²) in [7, 11) is 1.64. The highest BCUT2D eigenvalue weighted by molar-refractivity contribution is 9.10. The molecule has 1 amide bonds. The first-order valence-corrected chi connectivity index (χ1v) is 7.52. The number of halogens is 1. The van der Waals surface area contributed by atoms with Crippen LogP contribution in [-0.2, 0) is 10.5 Å². The van der Waals surface area contributed by atoms with Crippen molar-refractivity contribution in [1.82, 2.24) is 5.32 Å². The van der Waals surface area contributed by atoms with Gasteiger partial charge in [-0.3, -0.25) is 4.79 Å². The average molecular weight is 332 g/mol. The van der Waals surface area contributed by atoms with E-state index in [2.05, 4.69) is 21.2 Å². The van der Waals surface area contributed by atoms with E-state index < -0.39 is 0 Å². The molecule has 18 heavy (non-hydrogen) atoms. The first-order chi connectivity index (χ1) is 8.70. The first-order valence-electron chi connectivity index (χ1n) is 5.57. The van der Waals surface area contributed by atoms with Gasteiger partial charge in [-0.1, -0.05) is 15.9 Å². The molecule has 0 saturated heterocycles. The number of carbonyl (C=O) groups excluding carboxylic acids is 1. The maximum Gasteiger partial charge on any atom is 0.229 e. The van der Waals surface area contributed by atoms with Crippen LogP contribution in [0.3, 0.4) is 0 Å². The minimum atomic E-state index is 0.0358. The molecule has 0 saturated carbocycles. The zero-order valence-electron chi connectivity index (χ0n) is 9.99. The second kappa shape index (κ2) is 6.33. The molecule has 1 aromatic carbocycles. The molecule has 1 heterocycles. The normalized spacial score (nSPS) is 13.2. The topological polar surface area (TPSA) is 47.6 Å². The molecular formula is C12H14BrNO3S. The molecule has 0 aliphatic carbocycles. The van der Waals surface area contributed by atoms with Gasteiger partial charge in [0.05, 0.1) is 5.75 Å². The predicted octanol–water partition coefficient (Wildman–Crippen LogP) is 2.20. The third-order valence-electron chi connectivity index (χ3n) is 2.48. The van der Waals surface area contributed by atoms with Crippen LogP contribution in [0, 0.1) is 0 Å². The Morgan fingerprint density at radius 1 is 1.39 bits per heavy atom. The van der Waals surface area contributed by atoms with E-state index in [1.54, 1.807) is 18.8 Å². The van der Waals surface area contributed by atoms with Crippen LogP contribution in [0.5, 0.6) is 11.5 Å². The van der Waals surface area contributed by atoms with Crippen molar-refractivity contribution >= 4 is 33.6 Å². The van der Waals surface area contributed by atoms with Gasteiger partial charge in [-0.25, -0.2) is 0 Å². The molecule has 4 nitrogen and oxygen atoms in total. The Hall–Kier alpha value is -0.880. The standard InChI is InChI=1S/C12H14BrNO3S/c1-14-12(15)7-18-6-8-4-10-11(5-9(8)13)17-3-2-16-10/h4-5H,2-3,6-7H2,1H3,(H,14,15). The van der Waals surface area contributed by atoms with Gasteiger partial charge in [0.25, 0.3) is 0 Å². The van der Waals surface area contributed by atoms with Gasteiger partial charge < -0.3 is 14.8 Å². The number of thioether (sulfide) groups is 1. The first kappa shape index (κ1) is 13.5. The number of amides is 1. The van der Waals surface area contributed by atoms with Gasteiger partial charge in [0.15, 0.2) is 11.5 Å². The molecule has 0 fully saturated rings. The lowest BCUT2D eigenvalue weighted by Gasteiger charge is -2.19.